The van der Waals surface area contributed by atoms with Crippen molar-refractivity contribution in [2.75, 3.05) is 13.7 Å². The lowest BCUT2D eigenvalue weighted by Gasteiger charge is -2.18. The van der Waals surface area contributed by atoms with Gasteiger partial charge in [0.05, 0.1) is 12.6 Å². The van der Waals surface area contributed by atoms with Gasteiger partial charge in [-0.15, -0.1) is 22.7 Å². The van der Waals surface area contributed by atoms with Crippen molar-refractivity contribution in [1.29, 1.82) is 0 Å². The fraction of sp³-hybridized carbons (Fsp3) is 0.250. The topological polar surface area (TPSA) is 21.3 Å². The number of nitrogens with one attached hydrogen (secondary N) is 1. The van der Waals surface area contributed by atoms with E-state index in [4.69, 9.17) is 4.74 Å². The zero-order chi connectivity index (χ0) is 13.9. The van der Waals surface area contributed by atoms with Crippen LogP contribution in [-0.2, 0) is 0 Å². The molecule has 0 amide bonds. The van der Waals surface area contributed by atoms with Gasteiger partial charge in [-0.2, -0.15) is 0 Å². The third-order valence-electron chi connectivity index (χ3n) is 3.26. The number of rotatable bonds is 5. The molecule has 0 fully saturated rings. The fourth-order valence-electron chi connectivity index (χ4n) is 2.38. The van der Waals surface area contributed by atoms with Crippen LogP contribution in [0.15, 0.2) is 41.8 Å². The first-order valence-corrected chi connectivity index (χ1v) is 8.39. The Bertz CT molecular complexity index is 673. The number of fused-ring (bicyclic) bond motifs is 1. The van der Waals surface area contributed by atoms with E-state index in [1.807, 2.05) is 37.4 Å². The van der Waals surface area contributed by atoms with Crippen molar-refractivity contribution < 1.29 is 4.74 Å². The molecule has 4 heteroatoms. The number of thiophene rings is 2. The van der Waals surface area contributed by atoms with E-state index in [1.54, 1.807) is 11.3 Å². The second-order valence-electron chi connectivity index (χ2n) is 4.49. The predicted octanol–water partition coefficient (Wildman–Crippen LogP) is 4.67. The standard InChI is InChI=1S/C16H17NOS2/c1-3-18-12-7-5-4-6-11(12)16(17-2)15-10-14-13(20-15)8-9-19-14/h4-10,16-17H,3H2,1-2H3. The van der Waals surface area contributed by atoms with Gasteiger partial charge in [0, 0.05) is 19.8 Å². The largest absolute Gasteiger partial charge is 0.494 e. The van der Waals surface area contributed by atoms with Crippen LogP contribution in [0, 0.1) is 0 Å². The van der Waals surface area contributed by atoms with Crippen molar-refractivity contribution in [3.8, 4) is 5.75 Å². The Morgan fingerprint density at radius 1 is 1.20 bits per heavy atom. The summed E-state index contributed by atoms with van der Waals surface area (Å²) in [5.74, 6) is 0.964. The molecule has 0 spiro atoms. The van der Waals surface area contributed by atoms with Gasteiger partial charge in [0.25, 0.3) is 0 Å². The molecule has 104 valence electrons. The lowest BCUT2D eigenvalue weighted by atomic mass is 10.0. The lowest BCUT2D eigenvalue weighted by Crippen LogP contribution is -2.17. The van der Waals surface area contributed by atoms with E-state index < -0.39 is 0 Å². The smallest absolute Gasteiger partial charge is 0.124 e. The minimum absolute atomic E-state index is 0.183. The highest BCUT2D eigenvalue weighted by atomic mass is 32.1. The molecule has 2 heterocycles. The summed E-state index contributed by atoms with van der Waals surface area (Å²) in [6, 6.07) is 12.9. The number of hydrogen-bond donors (Lipinski definition) is 1. The van der Waals surface area contributed by atoms with Crippen molar-refractivity contribution in [3.63, 3.8) is 0 Å². The van der Waals surface area contributed by atoms with Gasteiger partial charge in [-0.05, 0) is 37.6 Å². The van der Waals surface area contributed by atoms with E-state index in [1.165, 1.54) is 19.8 Å². The molecule has 1 N–H and O–H groups in total. The maximum absolute atomic E-state index is 5.76. The third kappa shape index (κ3) is 2.46. The minimum Gasteiger partial charge on any atom is -0.494 e. The predicted molar refractivity (Wildman–Crippen MR) is 88.2 cm³/mol. The molecular weight excluding hydrogens is 286 g/mol. The highest BCUT2D eigenvalue weighted by Crippen LogP contribution is 2.38. The lowest BCUT2D eigenvalue weighted by molar-refractivity contribution is 0.334. The summed E-state index contributed by atoms with van der Waals surface area (Å²) in [6.45, 7) is 2.71. The van der Waals surface area contributed by atoms with E-state index >= 15 is 0 Å². The Balaban J connectivity index is 2.03. The van der Waals surface area contributed by atoms with Gasteiger partial charge in [-0.25, -0.2) is 0 Å². The zero-order valence-electron chi connectivity index (χ0n) is 11.6. The molecule has 0 aliphatic carbocycles. The molecule has 2 nitrogen and oxygen atoms in total. The highest BCUT2D eigenvalue weighted by Gasteiger charge is 2.19. The second-order valence-corrected chi connectivity index (χ2v) is 6.55. The van der Waals surface area contributed by atoms with Crippen molar-refractivity contribution in [2.24, 2.45) is 0 Å². The van der Waals surface area contributed by atoms with Crippen molar-refractivity contribution in [2.45, 2.75) is 13.0 Å². The Morgan fingerprint density at radius 2 is 2.05 bits per heavy atom. The summed E-state index contributed by atoms with van der Waals surface area (Å²) < 4.78 is 8.48. The molecule has 0 aliphatic rings. The number of para-hydroxylation sites is 1. The molecule has 2 aromatic heterocycles. The van der Waals surface area contributed by atoms with E-state index in [2.05, 4.69) is 35.0 Å². The van der Waals surface area contributed by atoms with Gasteiger partial charge < -0.3 is 10.1 Å². The fourth-order valence-corrected chi connectivity index (χ4v) is 4.63. The Kier molecular flexibility index (Phi) is 4.05. The van der Waals surface area contributed by atoms with E-state index in [-0.39, 0.29) is 6.04 Å². The van der Waals surface area contributed by atoms with Gasteiger partial charge >= 0.3 is 0 Å². The number of hydrogen-bond acceptors (Lipinski definition) is 4. The van der Waals surface area contributed by atoms with Gasteiger partial charge in [0.2, 0.25) is 0 Å². The Labute approximate surface area is 127 Å². The first kappa shape index (κ1) is 13.6. The first-order valence-electron chi connectivity index (χ1n) is 6.69. The van der Waals surface area contributed by atoms with Crippen LogP contribution in [-0.4, -0.2) is 13.7 Å². The number of ether oxygens (including phenoxy) is 1. The van der Waals surface area contributed by atoms with Crippen LogP contribution in [0.5, 0.6) is 5.75 Å². The van der Waals surface area contributed by atoms with Gasteiger partial charge in [-0.1, -0.05) is 18.2 Å². The summed E-state index contributed by atoms with van der Waals surface area (Å²) in [5.41, 5.74) is 1.20. The number of benzene rings is 1. The monoisotopic (exact) mass is 303 g/mol. The minimum atomic E-state index is 0.183. The Morgan fingerprint density at radius 3 is 2.80 bits per heavy atom. The molecule has 0 aliphatic heterocycles. The Hall–Kier alpha value is -1.36. The van der Waals surface area contributed by atoms with Crippen LogP contribution < -0.4 is 10.1 Å². The summed E-state index contributed by atoms with van der Waals surface area (Å²) >= 11 is 3.65. The normalized spacial score (nSPS) is 12.7. The van der Waals surface area contributed by atoms with Crippen LogP contribution >= 0.6 is 22.7 Å². The molecular formula is C16H17NOS2. The van der Waals surface area contributed by atoms with Crippen LogP contribution in [0.3, 0.4) is 0 Å². The van der Waals surface area contributed by atoms with E-state index in [9.17, 15) is 0 Å². The van der Waals surface area contributed by atoms with Crippen molar-refractivity contribution in [3.05, 3.63) is 52.2 Å². The van der Waals surface area contributed by atoms with Crippen molar-refractivity contribution >= 4 is 32.1 Å². The summed E-state index contributed by atoms with van der Waals surface area (Å²) in [6.07, 6.45) is 0. The quantitative estimate of drug-likeness (QED) is 0.739. The maximum atomic E-state index is 5.76. The molecule has 1 atom stereocenters. The van der Waals surface area contributed by atoms with Crippen LogP contribution in [0.1, 0.15) is 23.4 Å². The van der Waals surface area contributed by atoms with E-state index in [0.29, 0.717) is 6.61 Å². The zero-order valence-corrected chi connectivity index (χ0v) is 13.2. The second kappa shape index (κ2) is 5.95. The molecule has 0 bridgehead atoms. The average molecular weight is 303 g/mol. The molecule has 20 heavy (non-hydrogen) atoms. The average Bonchev–Trinajstić information content (AvgIpc) is 3.03. The van der Waals surface area contributed by atoms with Crippen LogP contribution in [0.25, 0.3) is 9.40 Å². The molecule has 3 rings (SSSR count). The molecule has 3 aromatic rings. The van der Waals surface area contributed by atoms with Crippen LogP contribution in [0.2, 0.25) is 0 Å². The highest BCUT2D eigenvalue weighted by molar-refractivity contribution is 7.27. The van der Waals surface area contributed by atoms with E-state index in [0.717, 1.165) is 5.75 Å². The molecule has 0 saturated carbocycles. The third-order valence-corrected chi connectivity index (χ3v) is 5.42. The SMILES string of the molecule is CCOc1ccccc1C(NC)c1cc2sccc2s1. The van der Waals surface area contributed by atoms with Gasteiger partial charge in [0.1, 0.15) is 5.75 Å². The molecule has 0 radical (unpaired) electrons. The van der Waals surface area contributed by atoms with Gasteiger partial charge in [-0.3, -0.25) is 0 Å². The summed E-state index contributed by atoms with van der Waals surface area (Å²) in [5, 5.41) is 5.57. The molecule has 1 unspecified atom stereocenters. The molecule has 0 saturated heterocycles. The summed E-state index contributed by atoms with van der Waals surface area (Å²) in [7, 11) is 2.00. The van der Waals surface area contributed by atoms with Crippen LogP contribution in [0.4, 0.5) is 0 Å². The first-order chi connectivity index (χ1) is 9.83. The summed E-state index contributed by atoms with van der Waals surface area (Å²) in [4.78, 5) is 1.33. The molecule has 1 aromatic carbocycles. The maximum Gasteiger partial charge on any atom is 0.124 e. The van der Waals surface area contributed by atoms with Crippen molar-refractivity contribution in [1.82, 2.24) is 5.32 Å². The van der Waals surface area contributed by atoms with Gasteiger partial charge in [0.15, 0.2) is 0 Å².